The molecule has 6 aromatic carbocycles. The second-order valence-electron chi connectivity index (χ2n) is 15.7. The van der Waals surface area contributed by atoms with E-state index in [-0.39, 0.29) is 6.03 Å². The van der Waals surface area contributed by atoms with Gasteiger partial charge in [0.05, 0.1) is 5.69 Å². The topological polar surface area (TPSA) is 73.8 Å². The van der Waals surface area contributed by atoms with Gasteiger partial charge in [-0.3, -0.25) is 0 Å². The molecule has 2 N–H and O–H groups in total. The first-order valence-electron chi connectivity index (χ1n) is 20.2. The lowest BCUT2D eigenvalue weighted by Gasteiger charge is -2.20. The van der Waals surface area contributed by atoms with Crippen LogP contribution in [0.3, 0.4) is 0 Å². The lowest BCUT2D eigenvalue weighted by Crippen LogP contribution is -2.33. The van der Waals surface area contributed by atoms with Crippen molar-refractivity contribution in [2.24, 2.45) is 16.8 Å². The molecule has 0 radical (unpaired) electrons. The van der Waals surface area contributed by atoms with Crippen molar-refractivity contribution in [1.82, 2.24) is 10.2 Å². The Bertz CT molecular complexity index is 2240. The number of carbonyl (C=O) groups is 1. The van der Waals surface area contributed by atoms with Crippen LogP contribution in [0, 0.1) is 25.7 Å². The summed E-state index contributed by atoms with van der Waals surface area (Å²) in [7, 11) is 0. The molecule has 0 saturated carbocycles. The minimum Gasteiger partial charge on any atom is -0.324 e. The van der Waals surface area contributed by atoms with E-state index in [9.17, 15) is 9.59 Å². The molecule has 2 fully saturated rings. The molecule has 2 saturated heterocycles. The summed E-state index contributed by atoms with van der Waals surface area (Å²) in [4.78, 5) is 27.8. The molecule has 8 rings (SSSR count). The number of aliphatic imine (C=N–C) groups is 1. The normalized spacial score (nSPS) is 17.2. The van der Waals surface area contributed by atoms with Gasteiger partial charge in [-0.1, -0.05) is 123 Å². The molecule has 0 aromatic heterocycles. The summed E-state index contributed by atoms with van der Waals surface area (Å²) in [6, 6.07) is 46.0. The molecule has 288 valence electrons. The van der Waals surface area contributed by atoms with Crippen LogP contribution >= 0.6 is 0 Å². The van der Waals surface area contributed by atoms with Gasteiger partial charge in [-0.2, -0.15) is 4.99 Å². The quantitative estimate of drug-likeness (QED) is 0.120. The van der Waals surface area contributed by atoms with Gasteiger partial charge in [0.15, 0.2) is 0 Å². The number of likely N-dealkylation sites (tertiary alicyclic amines) is 1. The van der Waals surface area contributed by atoms with Crippen LogP contribution in [-0.4, -0.2) is 43.2 Å². The highest BCUT2D eigenvalue weighted by molar-refractivity contribution is 5.90. The number of hydrogen-bond donors (Lipinski definition) is 2. The Balaban J connectivity index is 0.000000161. The first-order valence-corrected chi connectivity index (χ1v) is 20.2. The number of isocyanates is 1. The highest BCUT2D eigenvalue weighted by Crippen LogP contribution is 2.34. The summed E-state index contributed by atoms with van der Waals surface area (Å²) in [5.41, 5.74) is 6.71. The molecule has 0 bridgehead atoms. The van der Waals surface area contributed by atoms with Gasteiger partial charge in [-0.15, -0.1) is 0 Å². The number of fused-ring (bicyclic) bond motifs is 2. The summed E-state index contributed by atoms with van der Waals surface area (Å²) >= 11 is 0. The van der Waals surface area contributed by atoms with Crippen LogP contribution in [0.5, 0.6) is 0 Å². The first-order chi connectivity index (χ1) is 27.3. The van der Waals surface area contributed by atoms with Crippen molar-refractivity contribution in [3.63, 3.8) is 0 Å². The molecule has 2 amide bonds. The highest BCUT2D eigenvalue weighted by atomic mass is 16.2. The fourth-order valence-electron chi connectivity index (χ4n) is 8.41. The predicted octanol–water partition coefficient (Wildman–Crippen LogP) is 12.1. The van der Waals surface area contributed by atoms with Gasteiger partial charge in [-0.25, -0.2) is 9.59 Å². The Hall–Kier alpha value is -5.55. The molecule has 2 aliphatic heterocycles. The highest BCUT2D eigenvalue weighted by Gasteiger charge is 2.28. The van der Waals surface area contributed by atoms with Gasteiger partial charge in [-0.05, 0) is 144 Å². The summed E-state index contributed by atoms with van der Waals surface area (Å²) in [6.45, 7) is 12.8. The summed E-state index contributed by atoms with van der Waals surface area (Å²) in [5.74, 6) is 2.55. The maximum absolute atomic E-state index is 12.6. The van der Waals surface area contributed by atoms with E-state index >= 15 is 0 Å². The second-order valence-corrected chi connectivity index (χ2v) is 15.7. The summed E-state index contributed by atoms with van der Waals surface area (Å²) in [5, 5.41) is 12.0. The fourth-order valence-corrected chi connectivity index (χ4v) is 8.41. The molecular formula is C50H56N4O2. The Kier molecular flexibility index (Phi) is 14.2. The van der Waals surface area contributed by atoms with Gasteiger partial charge in [0.25, 0.3) is 0 Å². The van der Waals surface area contributed by atoms with Gasteiger partial charge in [0.1, 0.15) is 0 Å². The average Bonchev–Trinajstić information content (AvgIpc) is 3.91. The van der Waals surface area contributed by atoms with Gasteiger partial charge in [0, 0.05) is 18.8 Å². The lowest BCUT2D eigenvalue weighted by atomic mass is 9.87. The molecular weight excluding hydrogens is 689 g/mol. The number of rotatable bonds is 8. The van der Waals surface area contributed by atoms with Crippen LogP contribution in [-0.2, 0) is 4.79 Å². The van der Waals surface area contributed by atoms with Crippen LogP contribution in [0.2, 0.25) is 0 Å². The molecule has 0 spiro atoms. The van der Waals surface area contributed by atoms with E-state index in [2.05, 4.69) is 114 Å². The number of hydrogen-bond acceptors (Lipinski definition) is 4. The zero-order chi connectivity index (χ0) is 39.3. The van der Waals surface area contributed by atoms with Crippen molar-refractivity contribution in [2.75, 3.05) is 31.5 Å². The minimum atomic E-state index is 0.0194. The molecule has 0 unspecified atom stereocenters. The van der Waals surface area contributed by atoms with Gasteiger partial charge >= 0.3 is 6.03 Å². The van der Waals surface area contributed by atoms with Crippen LogP contribution in [0.15, 0.2) is 138 Å². The van der Waals surface area contributed by atoms with Crippen LogP contribution in [0.4, 0.5) is 16.2 Å². The van der Waals surface area contributed by atoms with E-state index in [1.54, 1.807) is 6.07 Å². The third-order valence-corrected chi connectivity index (χ3v) is 11.3. The zero-order valence-electron chi connectivity index (χ0n) is 33.4. The summed E-state index contributed by atoms with van der Waals surface area (Å²) < 4.78 is 0. The van der Waals surface area contributed by atoms with Crippen molar-refractivity contribution in [1.29, 1.82) is 0 Å². The Morgan fingerprint density at radius 1 is 0.732 bits per heavy atom. The fraction of sp³-hybridized carbons (Fsp3) is 0.320. The molecule has 6 aromatic rings. The largest absolute Gasteiger partial charge is 0.324 e. The number of carbonyl (C=O) groups excluding carboxylic acids is 2. The van der Waals surface area contributed by atoms with E-state index in [4.69, 9.17) is 0 Å². The summed E-state index contributed by atoms with van der Waals surface area (Å²) in [6.07, 6.45) is 6.33. The molecule has 56 heavy (non-hydrogen) atoms. The maximum atomic E-state index is 12.6. The SMILES string of the molecule is C[C@@H](C[C@H]1CCNC1)c1cccc2ccccc12.Cc1cccc(N=C=O)c1.Cc1cccc(NC(=O)N2CC[C@H](C[C@H](C)c3cccc4ccccc34)C2)c1. The number of amides is 2. The Morgan fingerprint density at radius 2 is 1.30 bits per heavy atom. The van der Waals surface area contributed by atoms with E-state index in [0.717, 1.165) is 48.7 Å². The van der Waals surface area contributed by atoms with Crippen LogP contribution in [0.25, 0.3) is 21.5 Å². The molecule has 6 nitrogen and oxygen atoms in total. The smallest absolute Gasteiger partial charge is 0.321 e. The molecule has 0 aliphatic carbocycles. The molecule has 6 heteroatoms. The standard InChI is InChI=1S/C25H28N2O.C17H21N.C8H7NO/c1-18-7-5-10-22(15-18)26-25(28)27-14-13-20(17-27)16-19(2)23-12-6-9-21-8-3-4-11-24(21)23;1-13(11-14-9-10-18-12-14)16-8-4-6-15-5-2-3-7-17(15)16;1-7-3-2-4-8(5-7)9-6-10/h3-12,15,19-20H,13-14,16-17H2,1-2H3,(H,26,28);2-8,13-14,18H,9-12H2,1H3;2-5H,1H3/t19-,20+;13-,14+;/m00./s1. The Labute approximate surface area is 333 Å². The predicted molar refractivity (Wildman–Crippen MR) is 234 cm³/mol. The lowest BCUT2D eigenvalue weighted by molar-refractivity contribution is 0.220. The zero-order valence-corrected chi connectivity index (χ0v) is 33.4. The average molecular weight is 745 g/mol. The molecule has 2 heterocycles. The van der Waals surface area contributed by atoms with Crippen molar-refractivity contribution in [2.45, 2.75) is 65.2 Å². The number of anilines is 1. The van der Waals surface area contributed by atoms with Crippen LogP contribution < -0.4 is 10.6 Å². The number of nitrogens with one attached hydrogen (secondary N) is 2. The van der Waals surface area contributed by atoms with Crippen molar-refractivity contribution in [3.05, 3.63) is 156 Å². The van der Waals surface area contributed by atoms with Crippen molar-refractivity contribution in [3.8, 4) is 0 Å². The van der Waals surface area contributed by atoms with E-state index in [1.807, 2.05) is 61.2 Å². The van der Waals surface area contributed by atoms with Gasteiger partial charge < -0.3 is 15.5 Å². The molecule has 2 aliphatic rings. The van der Waals surface area contributed by atoms with E-state index in [1.165, 1.54) is 64.7 Å². The third-order valence-electron chi connectivity index (χ3n) is 11.3. The Morgan fingerprint density at radius 3 is 1.89 bits per heavy atom. The van der Waals surface area contributed by atoms with E-state index < -0.39 is 0 Å². The monoisotopic (exact) mass is 744 g/mol. The third kappa shape index (κ3) is 11.0. The number of nitrogens with zero attached hydrogens (tertiary/aromatic N) is 2. The van der Waals surface area contributed by atoms with Crippen molar-refractivity contribution < 1.29 is 9.59 Å². The number of urea groups is 1. The van der Waals surface area contributed by atoms with Crippen molar-refractivity contribution >= 4 is 45.0 Å². The van der Waals surface area contributed by atoms with Gasteiger partial charge in [0.2, 0.25) is 6.08 Å². The maximum Gasteiger partial charge on any atom is 0.321 e. The first kappa shape index (κ1) is 40.1. The second kappa shape index (κ2) is 19.9. The van der Waals surface area contributed by atoms with Crippen LogP contribution in [0.1, 0.15) is 73.6 Å². The number of benzene rings is 6. The molecule has 4 atom stereocenters. The van der Waals surface area contributed by atoms with E-state index in [0.29, 0.717) is 23.4 Å². The number of aryl methyl sites for hydroxylation is 2. The minimum absolute atomic E-state index is 0.0194.